The minimum absolute atomic E-state index is 0. The van der Waals surface area contributed by atoms with E-state index in [0.29, 0.717) is 6.61 Å². The van der Waals surface area contributed by atoms with Crippen LogP contribution in [0.2, 0.25) is 0 Å². The fourth-order valence-corrected chi connectivity index (χ4v) is 2.56. The van der Waals surface area contributed by atoms with Crippen LogP contribution < -0.4 is 15.4 Å². The van der Waals surface area contributed by atoms with Gasteiger partial charge in [0.2, 0.25) is 0 Å². The summed E-state index contributed by atoms with van der Waals surface area (Å²) in [7, 11) is 1.78. The van der Waals surface area contributed by atoms with Gasteiger partial charge in [-0.15, -0.1) is 24.0 Å². The Labute approximate surface area is 163 Å². The molecule has 1 rings (SSSR count). The minimum atomic E-state index is 0. The van der Waals surface area contributed by atoms with Crippen LogP contribution in [0.5, 0.6) is 5.75 Å². The number of aliphatic imine (C=N–C) groups is 1. The second-order valence-corrected chi connectivity index (χ2v) is 6.33. The molecule has 1 aromatic carbocycles. The third-order valence-electron chi connectivity index (χ3n) is 2.75. The molecule has 0 heterocycles. The average molecular weight is 502 g/mol. The number of nitrogens with one attached hydrogen (secondary N) is 2. The minimum Gasteiger partial charge on any atom is -0.492 e. The Hall–Kier alpha value is -0.150. The highest BCUT2D eigenvalue weighted by atomic mass is 127. The van der Waals surface area contributed by atoms with Crippen LogP contribution in [-0.4, -0.2) is 44.7 Å². The summed E-state index contributed by atoms with van der Waals surface area (Å²) in [4.78, 5) is 4.19. The van der Waals surface area contributed by atoms with Gasteiger partial charge in [-0.3, -0.25) is 4.99 Å². The van der Waals surface area contributed by atoms with Gasteiger partial charge in [-0.2, -0.15) is 11.8 Å². The Bertz CT molecular complexity index is 435. The van der Waals surface area contributed by atoms with Crippen molar-refractivity contribution >= 4 is 57.6 Å². The van der Waals surface area contributed by atoms with E-state index in [1.54, 1.807) is 7.05 Å². The zero-order valence-corrected chi connectivity index (χ0v) is 17.8. The van der Waals surface area contributed by atoms with E-state index in [2.05, 4.69) is 37.8 Å². The lowest BCUT2D eigenvalue weighted by Crippen LogP contribution is -2.39. The normalized spacial score (nSPS) is 10.8. The van der Waals surface area contributed by atoms with Gasteiger partial charge in [0, 0.05) is 18.1 Å². The summed E-state index contributed by atoms with van der Waals surface area (Å²) in [5, 5.41) is 6.54. The number of benzene rings is 1. The van der Waals surface area contributed by atoms with E-state index in [0.717, 1.165) is 35.7 Å². The molecule has 22 heavy (non-hydrogen) atoms. The Balaban J connectivity index is 0.00000441. The summed E-state index contributed by atoms with van der Waals surface area (Å²) >= 11 is 5.31. The lowest BCUT2D eigenvalue weighted by molar-refractivity contribution is 0.321. The zero-order valence-electron chi connectivity index (χ0n) is 13.1. The summed E-state index contributed by atoms with van der Waals surface area (Å²) in [5.41, 5.74) is 0. The Morgan fingerprint density at radius 1 is 1.27 bits per heavy atom. The van der Waals surface area contributed by atoms with Crippen molar-refractivity contribution in [1.82, 2.24) is 10.6 Å². The van der Waals surface area contributed by atoms with Gasteiger partial charge in [-0.25, -0.2) is 0 Å². The molecule has 0 aliphatic heterocycles. The molecule has 0 bridgehead atoms. The summed E-state index contributed by atoms with van der Waals surface area (Å²) in [5.74, 6) is 2.91. The molecule has 0 fully saturated rings. The van der Waals surface area contributed by atoms with Gasteiger partial charge in [0.05, 0.1) is 6.54 Å². The van der Waals surface area contributed by atoms with Gasteiger partial charge in [0.25, 0.3) is 0 Å². The van der Waals surface area contributed by atoms with Crippen LogP contribution in [-0.2, 0) is 0 Å². The molecule has 4 nitrogen and oxygen atoms in total. The number of rotatable bonds is 9. The van der Waals surface area contributed by atoms with Crippen molar-refractivity contribution in [2.24, 2.45) is 4.99 Å². The van der Waals surface area contributed by atoms with E-state index in [9.17, 15) is 0 Å². The lowest BCUT2D eigenvalue weighted by atomic mass is 10.3. The molecule has 1 aromatic rings. The van der Waals surface area contributed by atoms with Crippen molar-refractivity contribution in [2.75, 3.05) is 38.8 Å². The van der Waals surface area contributed by atoms with Gasteiger partial charge < -0.3 is 15.4 Å². The number of ether oxygens (including phenoxy) is 1. The molecule has 0 atom stereocenters. The zero-order chi connectivity index (χ0) is 15.3. The molecule has 0 aromatic heterocycles. The van der Waals surface area contributed by atoms with Crippen LogP contribution in [0.15, 0.2) is 33.7 Å². The molecule has 0 aliphatic rings. The highest BCUT2D eigenvalue weighted by Crippen LogP contribution is 2.17. The highest BCUT2D eigenvalue weighted by Gasteiger charge is 1.98. The van der Waals surface area contributed by atoms with E-state index >= 15 is 0 Å². The molecule has 2 N–H and O–H groups in total. The van der Waals surface area contributed by atoms with E-state index in [-0.39, 0.29) is 24.0 Å². The first-order valence-electron chi connectivity index (χ1n) is 7.08. The quantitative estimate of drug-likeness (QED) is 0.234. The molecule has 126 valence electrons. The molecular weight excluding hydrogens is 477 g/mol. The molecule has 0 aliphatic carbocycles. The van der Waals surface area contributed by atoms with Gasteiger partial charge in [-0.1, -0.05) is 22.0 Å². The second kappa shape index (κ2) is 14.4. The van der Waals surface area contributed by atoms with Crippen LogP contribution in [0.1, 0.15) is 12.8 Å². The number of hydrogen-bond donors (Lipinski definition) is 2. The third-order valence-corrected chi connectivity index (χ3v) is 3.94. The first-order chi connectivity index (χ1) is 10.3. The van der Waals surface area contributed by atoms with Gasteiger partial charge in [0.1, 0.15) is 12.4 Å². The molecule has 0 saturated heterocycles. The van der Waals surface area contributed by atoms with Crippen LogP contribution in [0.4, 0.5) is 0 Å². The first-order valence-corrected chi connectivity index (χ1v) is 9.26. The summed E-state index contributed by atoms with van der Waals surface area (Å²) in [6.45, 7) is 2.27. The lowest BCUT2D eigenvalue weighted by Gasteiger charge is -2.12. The summed E-state index contributed by atoms with van der Waals surface area (Å²) in [6.07, 6.45) is 4.53. The van der Waals surface area contributed by atoms with Gasteiger partial charge >= 0.3 is 0 Å². The maximum Gasteiger partial charge on any atom is 0.191 e. The number of nitrogens with zero attached hydrogens (tertiary/aromatic N) is 1. The van der Waals surface area contributed by atoms with Crippen molar-refractivity contribution in [3.8, 4) is 5.75 Å². The maximum atomic E-state index is 5.66. The predicted molar refractivity (Wildman–Crippen MR) is 112 cm³/mol. The molecule has 0 unspecified atom stereocenters. The van der Waals surface area contributed by atoms with Crippen LogP contribution in [0.25, 0.3) is 0 Å². The second-order valence-electron chi connectivity index (χ2n) is 4.43. The van der Waals surface area contributed by atoms with Crippen LogP contribution >= 0.6 is 51.7 Å². The number of halogens is 2. The van der Waals surface area contributed by atoms with Crippen LogP contribution in [0.3, 0.4) is 0 Å². The number of unbranched alkanes of at least 4 members (excludes halogenated alkanes) is 1. The summed E-state index contributed by atoms with van der Waals surface area (Å²) in [6, 6.07) is 7.85. The third kappa shape index (κ3) is 10.6. The molecular formula is C15H25BrIN3OS. The monoisotopic (exact) mass is 501 g/mol. The van der Waals surface area contributed by atoms with Gasteiger partial charge in [0.15, 0.2) is 5.96 Å². The standard InChI is InChI=1S/C15H24BrN3OS.HI/c1-17-15(18-8-3-4-11-21-2)19-9-10-20-14-7-5-6-13(16)12-14;/h5-7,12H,3-4,8-11H2,1-2H3,(H2,17,18,19);1H. The van der Waals surface area contributed by atoms with E-state index in [4.69, 9.17) is 4.74 Å². The molecule has 0 saturated carbocycles. The predicted octanol–water partition coefficient (Wildman–Crippen LogP) is 3.75. The fourth-order valence-electron chi connectivity index (χ4n) is 1.69. The first kappa shape index (κ1) is 21.9. The maximum absolute atomic E-state index is 5.66. The van der Waals surface area contributed by atoms with Crippen molar-refractivity contribution in [1.29, 1.82) is 0 Å². The molecule has 0 radical (unpaired) electrons. The molecule has 0 amide bonds. The van der Waals surface area contributed by atoms with E-state index in [1.807, 2.05) is 36.0 Å². The molecule has 0 spiro atoms. The number of guanidine groups is 1. The largest absolute Gasteiger partial charge is 0.492 e. The SMILES string of the molecule is CN=C(NCCCCSC)NCCOc1cccc(Br)c1.I. The number of hydrogen-bond acceptors (Lipinski definition) is 3. The summed E-state index contributed by atoms with van der Waals surface area (Å²) < 4.78 is 6.69. The Kier molecular flexibility index (Phi) is 14.3. The van der Waals surface area contributed by atoms with Crippen molar-refractivity contribution in [2.45, 2.75) is 12.8 Å². The van der Waals surface area contributed by atoms with Crippen molar-refractivity contribution < 1.29 is 4.74 Å². The van der Waals surface area contributed by atoms with E-state index < -0.39 is 0 Å². The Morgan fingerprint density at radius 3 is 2.73 bits per heavy atom. The average Bonchev–Trinajstić information content (AvgIpc) is 2.49. The highest BCUT2D eigenvalue weighted by molar-refractivity contribution is 14.0. The van der Waals surface area contributed by atoms with Crippen LogP contribution in [0, 0.1) is 0 Å². The molecule has 7 heteroatoms. The van der Waals surface area contributed by atoms with Gasteiger partial charge in [-0.05, 0) is 43.0 Å². The Morgan fingerprint density at radius 2 is 2.05 bits per heavy atom. The van der Waals surface area contributed by atoms with Crippen molar-refractivity contribution in [3.63, 3.8) is 0 Å². The topological polar surface area (TPSA) is 45.7 Å². The van der Waals surface area contributed by atoms with Crippen molar-refractivity contribution in [3.05, 3.63) is 28.7 Å². The smallest absolute Gasteiger partial charge is 0.191 e. The van der Waals surface area contributed by atoms with E-state index in [1.165, 1.54) is 12.2 Å². The fraction of sp³-hybridized carbons (Fsp3) is 0.533. The number of thioether (sulfide) groups is 1.